The minimum atomic E-state index is -3.47. The van der Waals surface area contributed by atoms with Gasteiger partial charge >= 0.3 is 0 Å². The third kappa shape index (κ3) is 5.79. The lowest BCUT2D eigenvalue weighted by molar-refractivity contribution is 0.0927. The van der Waals surface area contributed by atoms with Gasteiger partial charge in [0.25, 0.3) is 5.91 Å². The lowest BCUT2D eigenvalue weighted by atomic mass is 10.1. The molecule has 25 heavy (non-hydrogen) atoms. The normalized spacial score (nSPS) is 12.3. The highest BCUT2D eigenvalue weighted by atomic mass is 32.2. The second kappa shape index (κ2) is 8.02. The monoisotopic (exact) mass is 362 g/mol. The van der Waals surface area contributed by atoms with Crippen molar-refractivity contribution in [1.29, 1.82) is 0 Å². The average Bonchev–Trinajstić information content (AvgIpc) is 2.53. The van der Waals surface area contributed by atoms with E-state index in [1.54, 1.807) is 24.3 Å². The highest BCUT2D eigenvalue weighted by Crippen LogP contribution is 2.18. The Morgan fingerprint density at radius 1 is 1.12 bits per heavy atom. The minimum absolute atomic E-state index is 0.245. The Bertz CT molecular complexity index is 850. The highest BCUT2D eigenvalue weighted by Gasteiger charge is 2.16. The molecule has 0 aliphatic rings. The van der Waals surface area contributed by atoms with Gasteiger partial charge in [0.15, 0.2) is 0 Å². The predicted molar refractivity (Wildman–Crippen MR) is 98.5 cm³/mol. The van der Waals surface area contributed by atoms with Crippen LogP contribution in [0, 0.1) is 6.92 Å². The first-order valence-electron chi connectivity index (χ1n) is 7.82. The van der Waals surface area contributed by atoms with Crippen molar-refractivity contribution in [1.82, 2.24) is 5.32 Å². The van der Waals surface area contributed by atoms with Crippen molar-refractivity contribution in [3.8, 4) is 5.75 Å². The van der Waals surface area contributed by atoms with Gasteiger partial charge in [-0.3, -0.25) is 9.52 Å². The quantitative estimate of drug-likeness (QED) is 0.793. The fourth-order valence-corrected chi connectivity index (χ4v) is 2.82. The van der Waals surface area contributed by atoms with Crippen LogP contribution in [0.4, 0.5) is 5.69 Å². The van der Waals surface area contributed by atoms with Crippen LogP contribution in [0.2, 0.25) is 0 Å². The van der Waals surface area contributed by atoms with Crippen molar-refractivity contribution in [2.24, 2.45) is 0 Å². The summed E-state index contributed by atoms with van der Waals surface area (Å²) in [7, 11) is -3.47. The Morgan fingerprint density at radius 3 is 2.44 bits per heavy atom. The van der Waals surface area contributed by atoms with E-state index in [1.165, 1.54) is 0 Å². The summed E-state index contributed by atoms with van der Waals surface area (Å²) in [5.74, 6) is 0.398. The molecule has 2 aromatic carbocycles. The van der Waals surface area contributed by atoms with Crippen LogP contribution in [0.15, 0.2) is 48.5 Å². The number of para-hydroxylation sites is 2. The van der Waals surface area contributed by atoms with E-state index in [0.717, 1.165) is 17.6 Å². The summed E-state index contributed by atoms with van der Waals surface area (Å²) in [4.78, 5) is 12.4. The third-order valence-corrected chi connectivity index (χ3v) is 4.02. The molecule has 2 N–H and O–H groups in total. The average molecular weight is 362 g/mol. The number of ether oxygens (including phenoxy) is 1. The van der Waals surface area contributed by atoms with Crippen LogP contribution in [-0.2, 0) is 10.0 Å². The molecule has 0 unspecified atom stereocenters. The van der Waals surface area contributed by atoms with E-state index in [2.05, 4.69) is 10.0 Å². The number of benzene rings is 2. The Balaban J connectivity index is 2.01. The maximum atomic E-state index is 12.4. The molecule has 6 nitrogen and oxygen atoms in total. The first-order valence-corrected chi connectivity index (χ1v) is 9.71. The molecular weight excluding hydrogens is 340 g/mol. The Labute approximate surface area is 148 Å². The molecule has 0 bridgehead atoms. The van der Waals surface area contributed by atoms with Gasteiger partial charge in [-0.1, -0.05) is 30.3 Å². The number of sulfonamides is 1. The molecule has 0 radical (unpaired) electrons. The zero-order valence-electron chi connectivity index (χ0n) is 14.4. The number of amides is 1. The maximum absolute atomic E-state index is 12.4. The topological polar surface area (TPSA) is 84.5 Å². The number of aryl methyl sites for hydroxylation is 1. The second-order valence-electron chi connectivity index (χ2n) is 5.87. The van der Waals surface area contributed by atoms with Gasteiger partial charge in [-0.2, -0.15) is 0 Å². The first kappa shape index (κ1) is 18.8. The summed E-state index contributed by atoms with van der Waals surface area (Å²) in [5.41, 5.74) is 1.52. The number of hydrogen-bond donors (Lipinski definition) is 2. The standard InChI is InChI=1S/C18H22N2O4S/c1-13-8-4-7-11-17(13)24-12-14(2)19-18(21)15-9-5-6-10-16(15)20-25(3,22)23/h4-11,14,20H,12H2,1-3H3,(H,19,21)/t14-/m0/s1. The summed E-state index contributed by atoms with van der Waals surface area (Å²) < 4.78 is 30.9. The zero-order valence-corrected chi connectivity index (χ0v) is 15.3. The van der Waals surface area contributed by atoms with Crippen LogP contribution in [0.5, 0.6) is 5.75 Å². The van der Waals surface area contributed by atoms with E-state index < -0.39 is 10.0 Å². The van der Waals surface area contributed by atoms with Crippen molar-refractivity contribution < 1.29 is 17.9 Å². The van der Waals surface area contributed by atoms with E-state index in [-0.39, 0.29) is 23.2 Å². The fourth-order valence-electron chi connectivity index (χ4n) is 2.25. The lowest BCUT2D eigenvalue weighted by Crippen LogP contribution is -2.37. The molecule has 2 rings (SSSR count). The van der Waals surface area contributed by atoms with E-state index >= 15 is 0 Å². The van der Waals surface area contributed by atoms with Crippen LogP contribution in [0.1, 0.15) is 22.8 Å². The summed E-state index contributed by atoms with van der Waals surface area (Å²) in [6.07, 6.45) is 1.04. The Morgan fingerprint density at radius 2 is 1.76 bits per heavy atom. The van der Waals surface area contributed by atoms with Gasteiger partial charge in [-0.05, 0) is 37.6 Å². The van der Waals surface area contributed by atoms with Crippen LogP contribution in [-0.4, -0.2) is 33.2 Å². The number of carbonyl (C=O) groups excluding carboxylic acids is 1. The minimum Gasteiger partial charge on any atom is -0.491 e. The van der Waals surface area contributed by atoms with Gasteiger partial charge in [0.1, 0.15) is 12.4 Å². The van der Waals surface area contributed by atoms with Gasteiger partial charge in [0.05, 0.1) is 23.5 Å². The van der Waals surface area contributed by atoms with E-state index in [1.807, 2.05) is 38.1 Å². The van der Waals surface area contributed by atoms with E-state index in [4.69, 9.17) is 4.74 Å². The molecule has 0 heterocycles. The number of nitrogens with one attached hydrogen (secondary N) is 2. The van der Waals surface area contributed by atoms with E-state index in [9.17, 15) is 13.2 Å². The molecule has 0 saturated heterocycles. The third-order valence-electron chi connectivity index (χ3n) is 3.43. The van der Waals surface area contributed by atoms with Crippen molar-refractivity contribution >= 4 is 21.6 Å². The molecule has 1 amide bonds. The van der Waals surface area contributed by atoms with Crippen LogP contribution in [0.3, 0.4) is 0 Å². The zero-order chi connectivity index (χ0) is 18.4. The van der Waals surface area contributed by atoms with Gasteiger partial charge < -0.3 is 10.1 Å². The van der Waals surface area contributed by atoms with Gasteiger partial charge in [-0.15, -0.1) is 0 Å². The number of rotatable bonds is 7. The van der Waals surface area contributed by atoms with Crippen molar-refractivity contribution in [3.05, 3.63) is 59.7 Å². The first-order chi connectivity index (χ1) is 11.8. The summed E-state index contributed by atoms with van der Waals surface area (Å²) >= 11 is 0. The van der Waals surface area contributed by atoms with Crippen LogP contribution < -0.4 is 14.8 Å². The molecule has 0 aliphatic carbocycles. The summed E-state index contributed by atoms with van der Waals surface area (Å²) in [5, 5.41) is 2.81. The number of carbonyl (C=O) groups is 1. The SMILES string of the molecule is Cc1ccccc1OC[C@H](C)NC(=O)c1ccccc1NS(C)(=O)=O. The maximum Gasteiger partial charge on any atom is 0.253 e. The molecule has 0 aromatic heterocycles. The Hall–Kier alpha value is -2.54. The molecule has 2 aromatic rings. The predicted octanol–water partition coefficient (Wildman–Crippen LogP) is 2.56. The molecule has 0 saturated carbocycles. The lowest BCUT2D eigenvalue weighted by Gasteiger charge is -2.17. The van der Waals surface area contributed by atoms with Crippen molar-refractivity contribution in [3.63, 3.8) is 0 Å². The summed E-state index contributed by atoms with van der Waals surface area (Å²) in [6, 6.07) is 13.8. The molecule has 0 aliphatic heterocycles. The second-order valence-corrected chi connectivity index (χ2v) is 7.62. The molecule has 1 atom stereocenters. The largest absolute Gasteiger partial charge is 0.491 e. The smallest absolute Gasteiger partial charge is 0.253 e. The molecule has 0 spiro atoms. The molecule has 134 valence electrons. The fraction of sp³-hybridized carbons (Fsp3) is 0.278. The van der Waals surface area contributed by atoms with Crippen molar-refractivity contribution in [2.45, 2.75) is 19.9 Å². The molecule has 7 heteroatoms. The Kier molecular flexibility index (Phi) is 6.03. The van der Waals surface area contributed by atoms with Crippen molar-refractivity contribution in [2.75, 3.05) is 17.6 Å². The number of hydrogen-bond acceptors (Lipinski definition) is 4. The van der Waals surface area contributed by atoms with Crippen LogP contribution >= 0.6 is 0 Å². The molecule has 0 fully saturated rings. The van der Waals surface area contributed by atoms with Gasteiger partial charge in [-0.25, -0.2) is 8.42 Å². The van der Waals surface area contributed by atoms with Gasteiger partial charge in [0, 0.05) is 0 Å². The number of anilines is 1. The van der Waals surface area contributed by atoms with Crippen LogP contribution in [0.25, 0.3) is 0 Å². The van der Waals surface area contributed by atoms with E-state index in [0.29, 0.717) is 6.61 Å². The molecular formula is C18H22N2O4S. The summed E-state index contributed by atoms with van der Waals surface area (Å²) in [6.45, 7) is 4.08. The highest BCUT2D eigenvalue weighted by molar-refractivity contribution is 7.92. The van der Waals surface area contributed by atoms with Gasteiger partial charge in [0.2, 0.25) is 10.0 Å².